The summed E-state index contributed by atoms with van der Waals surface area (Å²) >= 11 is 0. The molecule has 22 nitrogen and oxygen atoms in total. The van der Waals surface area contributed by atoms with Crippen molar-refractivity contribution in [3.8, 4) is 34.0 Å². The van der Waals surface area contributed by atoms with Crippen molar-refractivity contribution in [2.24, 2.45) is 57.8 Å². The van der Waals surface area contributed by atoms with Gasteiger partial charge in [-0.15, -0.1) is 0 Å². The highest BCUT2D eigenvalue weighted by atomic mass is 19.3. The predicted octanol–water partition coefficient (Wildman–Crippen LogP) is 7.72. The number of aromatic nitrogens is 6. The fraction of sp³-hybridized carbons (Fsp3) is 0.486. The molecule has 100 heavy (non-hydrogen) atoms. The second-order valence-electron chi connectivity index (χ2n) is 27.3. The van der Waals surface area contributed by atoms with Crippen LogP contribution in [0.3, 0.4) is 0 Å². The first kappa shape index (κ1) is 75.2. The highest BCUT2D eigenvalue weighted by Crippen LogP contribution is 2.47. The van der Waals surface area contributed by atoms with E-state index in [1.165, 1.54) is 98.5 Å². The summed E-state index contributed by atoms with van der Waals surface area (Å²) in [6, 6.07) is 4.23. The number of nitrogens with one attached hydrogen (secondary N) is 4. The molecule has 4 saturated heterocycles. The van der Waals surface area contributed by atoms with Crippen LogP contribution in [0.4, 0.5) is 46.8 Å². The zero-order chi connectivity index (χ0) is 72.1. The zero-order valence-corrected chi connectivity index (χ0v) is 56.2. The van der Waals surface area contributed by atoms with E-state index < -0.39 is 83.6 Å². The van der Waals surface area contributed by atoms with Gasteiger partial charge < -0.3 is 71.0 Å². The van der Waals surface area contributed by atoms with Crippen LogP contribution in [0.1, 0.15) is 78.1 Å². The van der Waals surface area contributed by atoms with E-state index in [0.29, 0.717) is 47.6 Å². The van der Waals surface area contributed by atoms with Crippen molar-refractivity contribution in [3.05, 3.63) is 133 Å². The zero-order valence-electron chi connectivity index (χ0n) is 56.2. The van der Waals surface area contributed by atoms with Gasteiger partial charge in [-0.05, 0) is 112 Å². The minimum Gasteiger partial charge on any atom is -0.554 e. The quantitative estimate of drug-likeness (QED) is 0.0192. The lowest BCUT2D eigenvalue weighted by atomic mass is 9.66. The van der Waals surface area contributed by atoms with E-state index in [0.717, 1.165) is 108 Å². The van der Waals surface area contributed by atoms with E-state index in [-0.39, 0.29) is 34.3 Å². The minimum absolute atomic E-state index is 0.179. The van der Waals surface area contributed by atoms with E-state index in [1.54, 1.807) is 12.4 Å². The third kappa shape index (κ3) is 17.4. The molecule has 8 heterocycles. The first-order valence-corrected chi connectivity index (χ1v) is 33.5. The minimum atomic E-state index is -3.29. The molecular formula is C70H86F8N14O8. The molecule has 4 unspecified atom stereocenters. The van der Waals surface area contributed by atoms with Gasteiger partial charge in [0.05, 0.1) is 89.0 Å². The molecule has 8 N–H and O–H groups in total. The van der Waals surface area contributed by atoms with Crippen molar-refractivity contribution in [2.75, 3.05) is 90.2 Å². The lowest BCUT2D eigenvalue weighted by Gasteiger charge is -2.45. The number of carbonyl (C=O) groups is 4. The Balaban J connectivity index is 0.000000216. The van der Waals surface area contributed by atoms with E-state index >= 15 is 0 Å². The number of nitrogens with two attached hydrogens (primary N) is 2. The molecule has 4 fully saturated rings. The summed E-state index contributed by atoms with van der Waals surface area (Å²) in [5, 5.41) is 29.9. The second kappa shape index (κ2) is 33.0. The van der Waals surface area contributed by atoms with Crippen LogP contribution < -0.4 is 52.4 Å². The van der Waals surface area contributed by atoms with Crippen LogP contribution >= 0.6 is 0 Å². The number of anilines is 2. The number of amides is 2. The summed E-state index contributed by atoms with van der Waals surface area (Å²) in [4.78, 5) is 59.6. The Morgan fingerprint density at radius 2 is 0.970 bits per heavy atom. The number of imidazole rings is 2. The summed E-state index contributed by atoms with van der Waals surface area (Å²) in [5.74, 6) is -5.64. The van der Waals surface area contributed by atoms with Crippen molar-refractivity contribution < 1.29 is 83.0 Å². The number of hydrogen-bond acceptors (Lipinski definition) is 16. The van der Waals surface area contributed by atoms with Crippen LogP contribution in [-0.2, 0) is 19.2 Å². The maximum atomic E-state index is 15.0. The molecule has 2 aliphatic carbocycles. The highest BCUT2D eigenvalue weighted by molar-refractivity contribution is 5.82. The van der Waals surface area contributed by atoms with Gasteiger partial charge in [0.2, 0.25) is 23.4 Å². The molecule has 0 saturated carbocycles. The Bertz CT molecular complexity index is 3730. The summed E-state index contributed by atoms with van der Waals surface area (Å²) in [7, 11) is 4.76. The number of benzene rings is 2. The van der Waals surface area contributed by atoms with Crippen molar-refractivity contribution in [1.29, 1.82) is 0 Å². The SMILES string of the molecule is CCC1(CCC2CC[N+](C)(CC3CNC3)CC2)C=C(Nc2nccn3c(-c4ccc(OC(F)F)c(F)c4F)cnc23)C=CC1C(N)=O.CCC1(CCC2CC[N+](C)(CC3CNC3)CC2)C=C(Nc2nccn3c(-c4ccc(OC(F)F)c(F)c4F)cnc23)C=CC1C(N)=O.O=C[O-].O=C[O-]. The molecule has 2 amide bonds. The van der Waals surface area contributed by atoms with Gasteiger partial charge in [-0.25, -0.2) is 28.7 Å². The number of fused-ring (bicyclic) bond motifs is 2. The van der Waals surface area contributed by atoms with Gasteiger partial charge in [0.25, 0.3) is 0 Å². The highest BCUT2D eigenvalue weighted by Gasteiger charge is 2.44. The van der Waals surface area contributed by atoms with Gasteiger partial charge >= 0.3 is 13.2 Å². The van der Waals surface area contributed by atoms with Crippen molar-refractivity contribution in [3.63, 3.8) is 0 Å². The van der Waals surface area contributed by atoms with Crippen LogP contribution in [0.2, 0.25) is 0 Å². The van der Waals surface area contributed by atoms with E-state index in [4.69, 9.17) is 31.3 Å². The molecule has 0 spiro atoms. The Morgan fingerprint density at radius 1 is 0.610 bits per heavy atom. The largest absolute Gasteiger partial charge is 0.554 e. The number of quaternary nitrogens is 2. The van der Waals surface area contributed by atoms with Gasteiger partial charge in [-0.1, -0.05) is 38.2 Å². The fourth-order valence-corrected chi connectivity index (χ4v) is 15.1. The number of hydrogen-bond donors (Lipinski definition) is 6. The molecule has 2 aromatic carbocycles. The van der Waals surface area contributed by atoms with Crippen LogP contribution in [0, 0.1) is 69.6 Å². The summed E-state index contributed by atoms with van der Waals surface area (Å²) in [5.41, 5.74) is 13.1. The molecule has 6 aliphatic rings. The van der Waals surface area contributed by atoms with Gasteiger partial charge in [0.15, 0.2) is 46.1 Å². The van der Waals surface area contributed by atoms with Gasteiger partial charge in [-0.2, -0.15) is 26.3 Å². The number of ether oxygens (including phenoxy) is 2. The molecule has 540 valence electrons. The van der Waals surface area contributed by atoms with Crippen LogP contribution in [0.15, 0.2) is 109 Å². The molecule has 4 aromatic heterocycles. The van der Waals surface area contributed by atoms with Crippen LogP contribution in [0.25, 0.3) is 33.8 Å². The Hall–Kier alpha value is -9.00. The predicted molar refractivity (Wildman–Crippen MR) is 353 cm³/mol. The first-order valence-electron chi connectivity index (χ1n) is 33.5. The number of nitrogens with zero attached hydrogens (tertiary/aromatic N) is 8. The molecule has 30 heteroatoms. The average molecular weight is 1400 g/mol. The number of allylic oxidation sites excluding steroid dienone is 4. The molecule has 0 radical (unpaired) electrons. The number of alkyl halides is 4. The number of halogens is 8. The molecular weight excluding hydrogens is 1320 g/mol. The normalized spacial score (nSPS) is 25.0. The monoisotopic (exact) mass is 1400 g/mol. The number of likely N-dealkylation sites (tertiary alicyclic amines) is 2. The Morgan fingerprint density at radius 3 is 1.28 bits per heavy atom. The Labute approximate surface area is 573 Å². The van der Waals surface area contributed by atoms with Crippen LogP contribution in [-0.4, -0.2) is 155 Å². The van der Waals surface area contributed by atoms with E-state index in [2.05, 4.69) is 90.8 Å². The molecule has 0 bridgehead atoms. The average Bonchev–Trinajstić information content (AvgIpc) is 1.48. The molecule has 4 atom stereocenters. The van der Waals surface area contributed by atoms with Crippen molar-refractivity contribution in [1.82, 2.24) is 39.4 Å². The Kier molecular flexibility index (Phi) is 24.8. The van der Waals surface area contributed by atoms with Gasteiger partial charge in [0.1, 0.15) is 0 Å². The summed E-state index contributed by atoms with van der Waals surface area (Å²) in [6.45, 7) is 8.25. The number of primary amides is 2. The van der Waals surface area contributed by atoms with Crippen molar-refractivity contribution >= 4 is 47.7 Å². The number of carboxylic acid groups (broad SMARTS) is 2. The van der Waals surface area contributed by atoms with E-state index in [9.17, 15) is 44.7 Å². The second-order valence-corrected chi connectivity index (χ2v) is 27.3. The lowest BCUT2D eigenvalue weighted by molar-refractivity contribution is -0.918. The topological polar surface area (TPSA) is 293 Å². The summed E-state index contributed by atoms with van der Waals surface area (Å²) < 4.78 is 123. The van der Waals surface area contributed by atoms with Gasteiger partial charge in [-0.3, -0.25) is 18.4 Å². The number of carbonyl (C=O) groups excluding carboxylic acids is 4. The number of rotatable bonds is 24. The molecule has 6 aromatic rings. The third-order valence-corrected chi connectivity index (χ3v) is 20.9. The van der Waals surface area contributed by atoms with Crippen LogP contribution in [0.5, 0.6) is 11.5 Å². The standard InChI is InChI=1S/2C34H41F4N7O2.2CH2O2/c2*1-3-34(11-8-21-9-14-45(2,15-10-21)20-22-17-40-18-22)16-23(4-6-25(34)30(39)46)43-31-32-42-19-26(44(32)13-12-41-31)24-5-7-27(47-33(37)38)29(36)28(24)35;2*2-1-3/h2*4-7,12-13,16,19,21-22,25,33,40H,3,8-11,14-15,17-18,20H2,1-2H3,(H2-,39,41,43,46);2*1H,(H,2,3). The maximum Gasteiger partial charge on any atom is 0.387 e. The van der Waals surface area contributed by atoms with Crippen molar-refractivity contribution in [2.45, 2.75) is 91.3 Å². The molecule has 4 aliphatic heterocycles. The number of piperidine rings is 2. The molecule has 12 rings (SSSR count). The maximum absolute atomic E-state index is 15.0. The van der Waals surface area contributed by atoms with Gasteiger partial charge in [0, 0.05) is 109 Å². The lowest BCUT2D eigenvalue weighted by Crippen LogP contribution is -2.57. The van der Waals surface area contributed by atoms with E-state index in [1.807, 2.05) is 24.3 Å². The fourth-order valence-electron chi connectivity index (χ4n) is 15.1. The summed E-state index contributed by atoms with van der Waals surface area (Å²) in [6.07, 6.45) is 30.0. The third-order valence-electron chi connectivity index (χ3n) is 20.9. The first-order chi connectivity index (χ1) is 47.8. The smallest absolute Gasteiger partial charge is 0.387 e.